The third kappa shape index (κ3) is 3.73. The highest BCUT2D eigenvalue weighted by Gasteiger charge is 2.14. The number of rotatable bonds is 4. The molecule has 0 spiro atoms. The van der Waals surface area contributed by atoms with Crippen molar-refractivity contribution < 1.29 is 9.53 Å². The standard InChI is InChI=1S/C14H15ClN4O2S/c15-11-2-1-10(22-11)14(20)17-9-12-16-4-3-13(18-12)19-5-7-21-8-6-19/h1-4H,5-9H2,(H,17,20). The highest BCUT2D eigenvalue weighted by atomic mass is 35.5. The second-order valence-electron chi connectivity index (χ2n) is 4.72. The number of nitrogens with zero attached hydrogens (tertiary/aromatic N) is 3. The number of ether oxygens (including phenoxy) is 1. The number of anilines is 1. The molecule has 1 aliphatic heterocycles. The minimum absolute atomic E-state index is 0.169. The Hall–Kier alpha value is -1.70. The van der Waals surface area contributed by atoms with Gasteiger partial charge in [-0.1, -0.05) is 11.6 Å². The zero-order valence-electron chi connectivity index (χ0n) is 11.8. The van der Waals surface area contributed by atoms with E-state index in [-0.39, 0.29) is 12.5 Å². The summed E-state index contributed by atoms with van der Waals surface area (Å²) >= 11 is 7.07. The first-order chi connectivity index (χ1) is 10.7. The predicted octanol–water partition coefficient (Wildman–Crippen LogP) is 1.96. The van der Waals surface area contributed by atoms with Crippen molar-refractivity contribution in [3.05, 3.63) is 39.4 Å². The van der Waals surface area contributed by atoms with Gasteiger partial charge in [-0.15, -0.1) is 11.3 Å². The van der Waals surface area contributed by atoms with Crippen molar-refractivity contribution in [1.82, 2.24) is 15.3 Å². The van der Waals surface area contributed by atoms with Crippen molar-refractivity contribution in [2.24, 2.45) is 0 Å². The molecule has 2 aromatic rings. The molecule has 0 saturated carbocycles. The average Bonchev–Trinajstić information content (AvgIpc) is 3.00. The maximum Gasteiger partial charge on any atom is 0.261 e. The van der Waals surface area contributed by atoms with Gasteiger partial charge in [0.25, 0.3) is 5.91 Å². The Morgan fingerprint density at radius 2 is 2.18 bits per heavy atom. The zero-order chi connectivity index (χ0) is 15.4. The number of carbonyl (C=O) groups is 1. The molecule has 0 radical (unpaired) electrons. The molecule has 22 heavy (non-hydrogen) atoms. The summed E-state index contributed by atoms with van der Waals surface area (Å²) in [6, 6.07) is 5.28. The molecule has 0 bridgehead atoms. The van der Waals surface area contributed by atoms with Gasteiger partial charge in [0, 0.05) is 19.3 Å². The molecule has 1 saturated heterocycles. The van der Waals surface area contributed by atoms with Gasteiger partial charge in [-0.2, -0.15) is 0 Å². The zero-order valence-corrected chi connectivity index (χ0v) is 13.4. The van der Waals surface area contributed by atoms with Crippen LogP contribution in [0.3, 0.4) is 0 Å². The largest absolute Gasteiger partial charge is 0.378 e. The van der Waals surface area contributed by atoms with E-state index in [4.69, 9.17) is 16.3 Å². The number of morpholine rings is 1. The van der Waals surface area contributed by atoms with Crippen LogP contribution in [-0.4, -0.2) is 42.2 Å². The van der Waals surface area contributed by atoms with Crippen LogP contribution in [0, 0.1) is 0 Å². The van der Waals surface area contributed by atoms with Crippen LogP contribution in [-0.2, 0) is 11.3 Å². The first kappa shape index (κ1) is 15.2. The van der Waals surface area contributed by atoms with E-state index >= 15 is 0 Å². The van der Waals surface area contributed by atoms with E-state index in [2.05, 4.69) is 20.2 Å². The molecule has 0 aromatic carbocycles. The van der Waals surface area contributed by atoms with Gasteiger partial charge in [0.1, 0.15) is 11.6 Å². The molecule has 116 valence electrons. The quantitative estimate of drug-likeness (QED) is 0.923. The molecule has 1 amide bonds. The number of hydrogen-bond donors (Lipinski definition) is 1. The fourth-order valence-electron chi connectivity index (χ4n) is 2.12. The third-order valence-corrected chi connectivity index (χ3v) is 4.46. The van der Waals surface area contributed by atoms with Crippen LogP contribution in [0.2, 0.25) is 4.34 Å². The first-order valence-electron chi connectivity index (χ1n) is 6.90. The summed E-state index contributed by atoms with van der Waals surface area (Å²) in [4.78, 5) is 23.4. The Balaban J connectivity index is 1.61. The highest BCUT2D eigenvalue weighted by Crippen LogP contribution is 2.21. The molecular weight excluding hydrogens is 324 g/mol. The Bertz CT molecular complexity index is 658. The van der Waals surface area contributed by atoms with Crippen molar-refractivity contribution >= 4 is 34.7 Å². The Morgan fingerprint density at radius 3 is 2.91 bits per heavy atom. The average molecular weight is 339 g/mol. The SMILES string of the molecule is O=C(NCc1nccc(N2CCOCC2)n1)c1ccc(Cl)s1. The van der Waals surface area contributed by atoms with Gasteiger partial charge in [-0.25, -0.2) is 9.97 Å². The van der Waals surface area contributed by atoms with Crippen molar-refractivity contribution in [3.8, 4) is 0 Å². The predicted molar refractivity (Wildman–Crippen MR) is 85.6 cm³/mol. The van der Waals surface area contributed by atoms with E-state index in [1.807, 2.05) is 6.07 Å². The lowest BCUT2D eigenvalue weighted by atomic mass is 10.4. The number of amides is 1. The molecule has 1 aliphatic rings. The molecule has 0 unspecified atom stereocenters. The van der Waals surface area contributed by atoms with E-state index in [9.17, 15) is 4.79 Å². The second-order valence-corrected chi connectivity index (χ2v) is 6.43. The number of hydrogen-bond acceptors (Lipinski definition) is 6. The molecule has 2 aromatic heterocycles. The van der Waals surface area contributed by atoms with Gasteiger partial charge in [0.05, 0.1) is 29.0 Å². The van der Waals surface area contributed by atoms with Crippen LogP contribution >= 0.6 is 22.9 Å². The fraction of sp³-hybridized carbons (Fsp3) is 0.357. The van der Waals surface area contributed by atoms with E-state index in [1.165, 1.54) is 11.3 Å². The molecule has 0 atom stereocenters. The first-order valence-corrected chi connectivity index (χ1v) is 8.10. The normalized spacial score (nSPS) is 14.9. The minimum Gasteiger partial charge on any atom is -0.378 e. The van der Waals surface area contributed by atoms with Gasteiger partial charge in [-0.05, 0) is 18.2 Å². The summed E-state index contributed by atoms with van der Waals surface area (Å²) in [5.41, 5.74) is 0. The summed E-state index contributed by atoms with van der Waals surface area (Å²) in [5, 5.41) is 2.80. The smallest absolute Gasteiger partial charge is 0.261 e. The lowest BCUT2D eigenvalue weighted by molar-refractivity contribution is 0.0954. The number of thiophene rings is 1. The minimum atomic E-state index is -0.169. The van der Waals surface area contributed by atoms with Gasteiger partial charge in [-0.3, -0.25) is 4.79 Å². The molecule has 8 heteroatoms. The maximum absolute atomic E-state index is 12.0. The van der Waals surface area contributed by atoms with Gasteiger partial charge >= 0.3 is 0 Å². The van der Waals surface area contributed by atoms with Crippen molar-refractivity contribution in [3.63, 3.8) is 0 Å². The summed E-state index contributed by atoms with van der Waals surface area (Å²) < 4.78 is 5.92. The Kier molecular flexibility index (Phi) is 4.87. The van der Waals surface area contributed by atoms with Crippen LogP contribution in [0.1, 0.15) is 15.5 Å². The number of halogens is 1. The summed E-state index contributed by atoms with van der Waals surface area (Å²) in [6.45, 7) is 3.32. The van der Waals surface area contributed by atoms with E-state index in [1.54, 1.807) is 18.3 Å². The maximum atomic E-state index is 12.0. The van der Waals surface area contributed by atoms with Crippen LogP contribution < -0.4 is 10.2 Å². The van der Waals surface area contributed by atoms with Crippen molar-refractivity contribution in [2.75, 3.05) is 31.2 Å². The molecular formula is C14H15ClN4O2S. The van der Waals surface area contributed by atoms with Gasteiger partial charge < -0.3 is 15.0 Å². The van der Waals surface area contributed by atoms with E-state index in [0.717, 1.165) is 18.9 Å². The molecule has 6 nitrogen and oxygen atoms in total. The lowest BCUT2D eigenvalue weighted by Crippen LogP contribution is -2.37. The summed E-state index contributed by atoms with van der Waals surface area (Å²) in [5.74, 6) is 1.28. The van der Waals surface area contributed by atoms with Crippen LogP contribution in [0.5, 0.6) is 0 Å². The number of aromatic nitrogens is 2. The number of carbonyl (C=O) groups excluding carboxylic acids is 1. The Labute approximate surface area is 137 Å². The highest BCUT2D eigenvalue weighted by molar-refractivity contribution is 7.17. The monoisotopic (exact) mass is 338 g/mol. The van der Waals surface area contributed by atoms with Gasteiger partial charge in [0.15, 0.2) is 0 Å². The summed E-state index contributed by atoms with van der Waals surface area (Å²) in [6.07, 6.45) is 1.71. The van der Waals surface area contributed by atoms with Crippen LogP contribution in [0.25, 0.3) is 0 Å². The molecule has 1 N–H and O–H groups in total. The molecule has 3 rings (SSSR count). The third-order valence-electron chi connectivity index (χ3n) is 3.23. The fourth-order valence-corrected chi connectivity index (χ4v) is 3.08. The van der Waals surface area contributed by atoms with E-state index in [0.29, 0.717) is 28.3 Å². The molecule has 0 aliphatic carbocycles. The molecule has 1 fully saturated rings. The molecule has 3 heterocycles. The number of nitrogens with one attached hydrogen (secondary N) is 1. The summed E-state index contributed by atoms with van der Waals surface area (Å²) in [7, 11) is 0. The van der Waals surface area contributed by atoms with Crippen LogP contribution in [0.15, 0.2) is 24.4 Å². The van der Waals surface area contributed by atoms with Gasteiger partial charge in [0.2, 0.25) is 0 Å². The van der Waals surface area contributed by atoms with Crippen molar-refractivity contribution in [1.29, 1.82) is 0 Å². The second kappa shape index (κ2) is 7.04. The van der Waals surface area contributed by atoms with Crippen molar-refractivity contribution in [2.45, 2.75) is 6.54 Å². The lowest BCUT2D eigenvalue weighted by Gasteiger charge is -2.27. The Morgan fingerprint density at radius 1 is 1.36 bits per heavy atom. The van der Waals surface area contributed by atoms with E-state index < -0.39 is 0 Å². The topological polar surface area (TPSA) is 67.4 Å². The van der Waals surface area contributed by atoms with Crippen LogP contribution in [0.4, 0.5) is 5.82 Å².